The van der Waals surface area contributed by atoms with Crippen molar-refractivity contribution in [2.24, 2.45) is 58.2 Å². The molecular formula is C29H48O2. The van der Waals surface area contributed by atoms with Gasteiger partial charge in [0.1, 0.15) is 0 Å². The molecule has 0 spiro atoms. The third-order valence-corrected chi connectivity index (χ3v) is 11.8. The Kier molecular flexibility index (Phi) is 5.70. The van der Waals surface area contributed by atoms with Crippen LogP contribution in [-0.4, -0.2) is 22.4 Å². The highest BCUT2D eigenvalue weighted by molar-refractivity contribution is 5.27. The van der Waals surface area contributed by atoms with Crippen molar-refractivity contribution in [3.8, 4) is 0 Å². The molecule has 0 amide bonds. The largest absolute Gasteiger partial charge is 0.393 e. The molecule has 5 rings (SSSR count). The van der Waals surface area contributed by atoms with E-state index in [2.05, 4.69) is 40.7 Å². The quantitative estimate of drug-likeness (QED) is 0.484. The summed E-state index contributed by atoms with van der Waals surface area (Å²) in [4.78, 5) is 0. The van der Waals surface area contributed by atoms with Gasteiger partial charge in [-0.1, -0.05) is 59.1 Å². The number of hydrogen-bond donors (Lipinski definition) is 2. The Labute approximate surface area is 191 Å². The lowest BCUT2D eigenvalue weighted by atomic mass is 9.46. The first kappa shape index (κ1) is 22.5. The maximum atomic E-state index is 11.3. The van der Waals surface area contributed by atoms with Crippen LogP contribution < -0.4 is 0 Å². The highest BCUT2D eigenvalue weighted by Gasteiger charge is 2.61. The summed E-state index contributed by atoms with van der Waals surface area (Å²) >= 11 is 0. The molecule has 0 aromatic rings. The molecule has 4 saturated carbocycles. The van der Waals surface area contributed by atoms with E-state index in [1.807, 2.05) is 0 Å². The molecule has 0 radical (unpaired) electrons. The Morgan fingerprint density at radius 2 is 1.68 bits per heavy atom. The monoisotopic (exact) mass is 428 g/mol. The third kappa shape index (κ3) is 3.58. The number of hydrogen-bond acceptors (Lipinski definition) is 2. The van der Waals surface area contributed by atoms with Crippen molar-refractivity contribution in [3.63, 3.8) is 0 Å². The summed E-state index contributed by atoms with van der Waals surface area (Å²) in [5.74, 6) is 6.25. The average Bonchev–Trinajstić information content (AvgIpc) is 3.35. The van der Waals surface area contributed by atoms with Gasteiger partial charge in [0.05, 0.1) is 12.2 Å². The molecule has 4 fully saturated rings. The highest BCUT2D eigenvalue weighted by atomic mass is 16.3. The van der Waals surface area contributed by atoms with Crippen molar-refractivity contribution in [1.82, 2.24) is 0 Å². The van der Waals surface area contributed by atoms with Gasteiger partial charge < -0.3 is 10.2 Å². The first-order valence-corrected chi connectivity index (χ1v) is 13.7. The molecule has 0 bridgehead atoms. The molecule has 0 aromatic heterocycles. The number of aliphatic hydroxyl groups is 2. The van der Waals surface area contributed by atoms with Crippen LogP contribution in [0.2, 0.25) is 0 Å². The van der Waals surface area contributed by atoms with Crippen molar-refractivity contribution >= 4 is 0 Å². The second-order valence-corrected chi connectivity index (χ2v) is 13.4. The van der Waals surface area contributed by atoms with E-state index in [1.165, 1.54) is 50.5 Å². The van der Waals surface area contributed by atoms with Crippen molar-refractivity contribution < 1.29 is 10.2 Å². The minimum Gasteiger partial charge on any atom is -0.393 e. The van der Waals surface area contributed by atoms with Crippen LogP contribution in [0, 0.1) is 58.2 Å². The minimum absolute atomic E-state index is 0.199. The molecule has 0 aromatic carbocycles. The standard InChI is InChI=1S/C29H48O2/c1-17(22-14-19(22)3)6-7-18(2)23-8-9-24-27-25(11-13-29(23,24)5)28(4)12-10-21(30)15-20(28)16-26(27)31/h16-19,21-27,30-31H,6-15H2,1-5H3/t17?,18-,19-,21+,22+,23-,24?,25?,26-,27?,28+,29-/m1/s1. The molecule has 2 heteroatoms. The molecule has 5 aliphatic carbocycles. The van der Waals surface area contributed by atoms with E-state index in [4.69, 9.17) is 0 Å². The summed E-state index contributed by atoms with van der Waals surface area (Å²) in [6, 6.07) is 0. The summed E-state index contributed by atoms with van der Waals surface area (Å²) in [6.45, 7) is 12.5. The van der Waals surface area contributed by atoms with Crippen LogP contribution in [0.5, 0.6) is 0 Å². The van der Waals surface area contributed by atoms with E-state index in [0.717, 1.165) is 48.9 Å². The molecule has 5 aliphatic rings. The maximum absolute atomic E-state index is 11.3. The molecule has 31 heavy (non-hydrogen) atoms. The zero-order valence-electron chi connectivity index (χ0n) is 20.8. The van der Waals surface area contributed by atoms with E-state index in [9.17, 15) is 10.2 Å². The molecule has 0 saturated heterocycles. The lowest BCUT2D eigenvalue weighted by Gasteiger charge is -2.59. The number of fused-ring (bicyclic) bond motifs is 5. The summed E-state index contributed by atoms with van der Waals surface area (Å²) in [6.07, 6.45) is 14.1. The van der Waals surface area contributed by atoms with Crippen molar-refractivity contribution in [1.29, 1.82) is 0 Å². The Hall–Kier alpha value is -0.340. The molecule has 0 aliphatic heterocycles. The molecule has 2 nitrogen and oxygen atoms in total. The van der Waals surface area contributed by atoms with Crippen LogP contribution in [-0.2, 0) is 0 Å². The lowest BCUT2D eigenvalue weighted by Crippen LogP contribution is -2.54. The Balaban J connectivity index is 1.31. The number of aliphatic hydroxyl groups excluding tert-OH is 2. The van der Waals surface area contributed by atoms with Gasteiger partial charge in [0.25, 0.3) is 0 Å². The Morgan fingerprint density at radius 1 is 0.968 bits per heavy atom. The summed E-state index contributed by atoms with van der Waals surface area (Å²) < 4.78 is 0. The van der Waals surface area contributed by atoms with Crippen LogP contribution in [0.15, 0.2) is 11.6 Å². The second-order valence-electron chi connectivity index (χ2n) is 13.4. The van der Waals surface area contributed by atoms with E-state index in [1.54, 1.807) is 0 Å². The van der Waals surface area contributed by atoms with Crippen LogP contribution >= 0.6 is 0 Å². The lowest BCUT2D eigenvalue weighted by molar-refractivity contribution is -0.0971. The van der Waals surface area contributed by atoms with Crippen LogP contribution in [0.3, 0.4) is 0 Å². The van der Waals surface area contributed by atoms with Crippen LogP contribution in [0.25, 0.3) is 0 Å². The van der Waals surface area contributed by atoms with Gasteiger partial charge in [-0.15, -0.1) is 0 Å². The molecule has 12 atom stereocenters. The first-order chi connectivity index (χ1) is 14.6. The fourth-order valence-corrected chi connectivity index (χ4v) is 9.69. The molecular weight excluding hydrogens is 380 g/mol. The van der Waals surface area contributed by atoms with Crippen molar-refractivity contribution in [2.45, 2.75) is 111 Å². The van der Waals surface area contributed by atoms with Gasteiger partial charge in [-0.3, -0.25) is 0 Å². The zero-order chi connectivity index (χ0) is 22.1. The summed E-state index contributed by atoms with van der Waals surface area (Å²) in [5.41, 5.74) is 1.99. The van der Waals surface area contributed by atoms with E-state index in [0.29, 0.717) is 23.2 Å². The van der Waals surface area contributed by atoms with Gasteiger partial charge in [-0.2, -0.15) is 0 Å². The predicted molar refractivity (Wildman–Crippen MR) is 127 cm³/mol. The minimum atomic E-state index is -0.298. The highest BCUT2D eigenvalue weighted by Crippen LogP contribution is 2.67. The Morgan fingerprint density at radius 3 is 2.39 bits per heavy atom. The fourth-order valence-electron chi connectivity index (χ4n) is 9.69. The van der Waals surface area contributed by atoms with Crippen molar-refractivity contribution in [2.75, 3.05) is 0 Å². The molecule has 4 unspecified atom stereocenters. The first-order valence-electron chi connectivity index (χ1n) is 13.7. The number of rotatable bonds is 5. The molecule has 176 valence electrons. The predicted octanol–water partition coefficient (Wildman–Crippen LogP) is 6.61. The Bertz CT molecular complexity index is 714. The molecule has 2 N–H and O–H groups in total. The SMILES string of the molecule is CC(CC[C@@H](C)[C@H]1CCC2C3C(CC[C@@]21C)[C@@]1(C)CC[C@H](O)CC1=C[C@H]3O)[C@@H]1C[C@H]1C. The van der Waals surface area contributed by atoms with Gasteiger partial charge in [0.2, 0.25) is 0 Å². The molecule has 0 heterocycles. The van der Waals surface area contributed by atoms with E-state index < -0.39 is 0 Å². The van der Waals surface area contributed by atoms with Gasteiger partial charge >= 0.3 is 0 Å². The smallest absolute Gasteiger partial charge is 0.0757 e. The fraction of sp³-hybridized carbons (Fsp3) is 0.931. The average molecular weight is 429 g/mol. The topological polar surface area (TPSA) is 40.5 Å². The summed E-state index contributed by atoms with van der Waals surface area (Å²) in [7, 11) is 0. The van der Waals surface area contributed by atoms with Gasteiger partial charge in [0, 0.05) is 0 Å². The second kappa shape index (κ2) is 7.86. The third-order valence-electron chi connectivity index (χ3n) is 11.8. The van der Waals surface area contributed by atoms with Gasteiger partial charge in [-0.05, 0) is 110 Å². The van der Waals surface area contributed by atoms with Gasteiger partial charge in [-0.25, -0.2) is 0 Å². The van der Waals surface area contributed by atoms with E-state index >= 15 is 0 Å². The normalized spacial score (nSPS) is 53.1. The van der Waals surface area contributed by atoms with Crippen molar-refractivity contribution in [3.05, 3.63) is 11.6 Å². The van der Waals surface area contributed by atoms with Crippen LogP contribution in [0.1, 0.15) is 98.8 Å². The van der Waals surface area contributed by atoms with Crippen LogP contribution in [0.4, 0.5) is 0 Å². The zero-order valence-corrected chi connectivity index (χ0v) is 20.8. The maximum Gasteiger partial charge on any atom is 0.0757 e. The van der Waals surface area contributed by atoms with Gasteiger partial charge in [0.15, 0.2) is 0 Å². The summed E-state index contributed by atoms with van der Waals surface area (Å²) in [5, 5.41) is 21.6. The van der Waals surface area contributed by atoms with E-state index in [-0.39, 0.29) is 17.6 Å².